The first kappa shape index (κ1) is 10.3. The van der Waals surface area contributed by atoms with Crippen molar-refractivity contribution in [2.75, 3.05) is 6.86 Å². The van der Waals surface area contributed by atoms with E-state index < -0.39 is 6.86 Å². The van der Waals surface area contributed by atoms with Crippen LogP contribution in [0.2, 0.25) is 5.02 Å². The standard InChI is InChI=1S/C9H11ClFNO/c1-6(2)9-8(10)3-7(4-12-9)13-5-11/h3-4,6H,5H2,1-2H3. The lowest BCUT2D eigenvalue weighted by atomic mass is 10.1. The highest BCUT2D eigenvalue weighted by atomic mass is 35.5. The lowest BCUT2D eigenvalue weighted by molar-refractivity contribution is 0.191. The summed E-state index contributed by atoms with van der Waals surface area (Å²) in [6.45, 7) is 3.12. The van der Waals surface area contributed by atoms with Crippen molar-refractivity contribution in [1.29, 1.82) is 0 Å². The molecular formula is C9H11ClFNO. The molecule has 13 heavy (non-hydrogen) atoms. The summed E-state index contributed by atoms with van der Waals surface area (Å²) in [5.41, 5.74) is 0.799. The highest BCUT2D eigenvalue weighted by Gasteiger charge is 2.07. The van der Waals surface area contributed by atoms with Crippen molar-refractivity contribution in [2.24, 2.45) is 0 Å². The third kappa shape index (κ3) is 2.56. The Balaban J connectivity index is 2.92. The molecule has 0 aromatic carbocycles. The molecule has 4 heteroatoms. The van der Waals surface area contributed by atoms with Crippen LogP contribution in [0.5, 0.6) is 5.75 Å². The monoisotopic (exact) mass is 203 g/mol. The van der Waals surface area contributed by atoms with Gasteiger partial charge in [0.15, 0.2) is 0 Å². The average Bonchev–Trinajstić information content (AvgIpc) is 2.04. The van der Waals surface area contributed by atoms with Crippen molar-refractivity contribution in [2.45, 2.75) is 19.8 Å². The largest absolute Gasteiger partial charge is 0.461 e. The number of alkyl halides is 1. The molecule has 2 nitrogen and oxygen atoms in total. The second kappa shape index (κ2) is 4.42. The Morgan fingerprint density at radius 3 is 2.77 bits per heavy atom. The molecule has 1 heterocycles. The van der Waals surface area contributed by atoms with E-state index >= 15 is 0 Å². The van der Waals surface area contributed by atoms with Crippen LogP contribution in [-0.4, -0.2) is 11.8 Å². The van der Waals surface area contributed by atoms with E-state index in [1.165, 1.54) is 6.20 Å². The molecule has 0 aliphatic heterocycles. The van der Waals surface area contributed by atoms with Gasteiger partial charge in [0, 0.05) is 6.07 Å². The number of nitrogens with zero attached hydrogens (tertiary/aromatic N) is 1. The van der Waals surface area contributed by atoms with Gasteiger partial charge < -0.3 is 4.74 Å². The molecule has 1 rings (SSSR count). The van der Waals surface area contributed by atoms with Crippen LogP contribution in [0.15, 0.2) is 12.3 Å². The van der Waals surface area contributed by atoms with Crippen LogP contribution in [0.25, 0.3) is 0 Å². The van der Waals surface area contributed by atoms with Crippen LogP contribution in [-0.2, 0) is 0 Å². The fourth-order valence-electron chi connectivity index (χ4n) is 0.998. The van der Waals surface area contributed by atoms with E-state index in [1.807, 2.05) is 13.8 Å². The SMILES string of the molecule is CC(C)c1ncc(OCF)cc1Cl. The van der Waals surface area contributed by atoms with E-state index in [0.717, 1.165) is 5.69 Å². The fourth-order valence-corrected chi connectivity index (χ4v) is 1.37. The fraction of sp³-hybridized carbons (Fsp3) is 0.444. The third-order valence-electron chi connectivity index (χ3n) is 1.61. The van der Waals surface area contributed by atoms with Gasteiger partial charge in [0.1, 0.15) is 5.75 Å². The summed E-state index contributed by atoms with van der Waals surface area (Å²) in [6, 6.07) is 1.57. The highest BCUT2D eigenvalue weighted by Crippen LogP contribution is 2.25. The van der Waals surface area contributed by atoms with Crippen molar-refractivity contribution in [1.82, 2.24) is 4.98 Å². The molecule has 72 valence electrons. The Bertz CT molecular complexity index is 291. The van der Waals surface area contributed by atoms with Gasteiger partial charge in [-0.1, -0.05) is 25.4 Å². The van der Waals surface area contributed by atoms with Gasteiger partial charge in [0.05, 0.1) is 16.9 Å². The minimum Gasteiger partial charge on any atom is -0.461 e. The van der Waals surface area contributed by atoms with Crippen molar-refractivity contribution in [3.63, 3.8) is 0 Å². The molecule has 0 bridgehead atoms. The molecule has 0 spiro atoms. The van der Waals surface area contributed by atoms with Crippen LogP contribution < -0.4 is 4.74 Å². The van der Waals surface area contributed by atoms with E-state index in [0.29, 0.717) is 10.8 Å². The lowest BCUT2D eigenvalue weighted by Gasteiger charge is -2.08. The van der Waals surface area contributed by atoms with Gasteiger partial charge in [0.25, 0.3) is 0 Å². The van der Waals surface area contributed by atoms with E-state index in [-0.39, 0.29) is 5.92 Å². The summed E-state index contributed by atoms with van der Waals surface area (Å²) in [6.07, 6.45) is 1.47. The number of hydrogen-bond donors (Lipinski definition) is 0. The number of rotatable bonds is 3. The Hall–Kier alpha value is -0.830. The predicted molar refractivity (Wildman–Crippen MR) is 49.9 cm³/mol. The van der Waals surface area contributed by atoms with Gasteiger partial charge in [-0.05, 0) is 5.92 Å². The zero-order valence-corrected chi connectivity index (χ0v) is 8.31. The summed E-state index contributed by atoms with van der Waals surface area (Å²) in [4.78, 5) is 4.07. The van der Waals surface area contributed by atoms with Gasteiger partial charge in [-0.3, -0.25) is 4.98 Å². The van der Waals surface area contributed by atoms with Crippen LogP contribution in [0.1, 0.15) is 25.5 Å². The first-order valence-corrected chi connectivity index (χ1v) is 4.37. The summed E-state index contributed by atoms with van der Waals surface area (Å²) in [5, 5.41) is 0.515. The maximum absolute atomic E-state index is 11.8. The van der Waals surface area contributed by atoms with Crippen molar-refractivity contribution < 1.29 is 9.13 Å². The molecule has 0 saturated carbocycles. The predicted octanol–water partition coefficient (Wildman–Crippen LogP) is 3.16. The Morgan fingerprint density at radius 2 is 2.31 bits per heavy atom. The first-order valence-electron chi connectivity index (χ1n) is 3.99. The molecule has 0 N–H and O–H groups in total. The normalized spacial score (nSPS) is 10.5. The van der Waals surface area contributed by atoms with Crippen molar-refractivity contribution in [3.8, 4) is 5.75 Å². The molecule has 0 saturated heterocycles. The molecule has 0 unspecified atom stereocenters. The van der Waals surface area contributed by atoms with Crippen LogP contribution in [0.3, 0.4) is 0 Å². The second-order valence-electron chi connectivity index (χ2n) is 2.95. The van der Waals surface area contributed by atoms with Crippen molar-refractivity contribution in [3.05, 3.63) is 23.0 Å². The average molecular weight is 204 g/mol. The Labute approximate surface area is 81.7 Å². The molecular weight excluding hydrogens is 193 g/mol. The van der Waals surface area contributed by atoms with E-state index in [1.54, 1.807) is 6.07 Å². The third-order valence-corrected chi connectivity index (χ3v) is 1.92. The maximum Gasteiger partial charge on any atom is 0.228 e. The van der Waals surface area contributed by atoms with E-state index in [4.69, 9.17) is 11.6 Å². The summed E-state index contributed by atoms with van der Waals surface area (Å²) >= 11 is 5.90. The lowest BCUT2D eigenvalue weighted by Crippen LogP contribution is -1.96. The molecule has 0 amide bonds. The van der Waals surface area contributed by atoms with Crippen molar-refractivity contribution >= 4 is 11.6 Å². The first-order chi connectivity index (χ1) is 6.15. The molecule has 0 aliphatic rings. The molecule has 1 aromatic rings. The molecule has 1 aromatic heterocycles. The Morgan fingerprint density at radius 1 is 1.62 bits per heavy atom. The van der Waals surface area contributed by atoms with E-state index in [2.05, 4.69) is 9.72 Å². The minimum absolute atomic E-state index is 0.256. The number of aromatic nitrogens is 1. The van der Waals surface area contributed by atoms with Gasteiger partial charge in [0.2, 0.25) is 6.86 Å². The second-order valence-corrected chi connectivity index (χ2v) is 3.35. The number of ether oxygens (including phenoxy) is 1. The summed E-state index contributed by atoms with van der Waals surface area (Å²) in [5.74, 6) is 0.615. The Kier molecular flexibility index (Phi) is 3.48. The zero-order chi connectivity index (χ0) is 9.84. The highest BCUT2D eigenvalue weighted by molar-refractivity contribution is 6.31. The summed E-state index contributed by atoms with van der Waals surface area (Å²) < 4.78 is 16.4. The topological polar surface area (TPSA) is 22.1 Å². The molecule has 0 aliphatic carbocycles. The van der Waals surface area contributed by atoms with Gasteiger partial charge in [-0.15, -0.1) is 0 Å². The van der Waals surface area contributed by atoms with Gasteiger partial charge in [-0.25, -0.2) is 4.39 Å². The van der Waals surface area contributed by atoms with Crippen LogP contribution in [0, 0.1) is 0 Å². The quantitative estimate of drug-likeness (QED) is 0.753. The number of halogens is 2. The molecule has 0 fully saturated rings. The van der Waals surface area contributed by atoms with Crippen LogP contribution in [0.4, 0.5) is 4.39 Å². The smallest absolute Gasteiger partial charge is 0.228 e. The minimum atomic E-state index is -0.862. The van der Waals surface area contributed by atoms with Gasteiger partial charge in [-0.2, -0.15) is 0 Å². The molecule has 0 atom stereocenters. The molecule has 0 radical (unpaired) electrons. The maximum atomic E-state index is 11.8. The summed E-state index contributed by atoms with van der Waals surface area (Å²) in [7, 11) is 0. The number of hydrogen-bond acceptors (Lipinski definition) is 2. The van der Waals surface area contributed by atoms with Crippen LogP contribution >= 0.6 is 11.6 Å². The van der Waals surface area contributed by atoms with E-state index in [9.17, 15) is 4.39 Å². The number of pyridine rings is 1. The zero-order valence-electron chi connectivity index (χ0n) is 7.55. The van der Waals surface area contributed by atoms with Gasteiger partial charge >= 0.3 is 0 Å².